The Morgan fingerprint density at radius 3 is 2.84 bits per heavy atom. The minimum atomic E-state index is 0.0912. The highest BCUT2D eigenvalue weighted by Gasteiger charge is 2.35. The van der Waals surface area contributed by atoms with Gasteiger partial charge in [0.15, 0.2) is 5.78 Å². The van der Waals surface area contributed by atoms with E-state index in [-0.39, 0.29) is 11.3 Å². The average Bonchev–Trinajstić information content (AvgIpc) is 2.55. The summed E-state index contributed by atoms with van der Waals surface area (Å²) in [5.74, 6) is 0.908. The Labute approximate surface area is 152 Å². The third-order valence-corrected chi connectivity index (χ3v) is 5.65. The first-order chi connectivity index (χ1) is 12.0. The van der Waals surface area contributed by atoms with Crippen LogP contribution in [-0.2, 0) is 6.54 Å². The highest BCUT2D eigenvalue weighted by atomic mass is 35.5. The molecule has 0 amide bonds. The summed E-state index contributed by atoms with van der Waals surface area (Å²) < 4.78 is 1.92. The maximum atomic E-state index is 12.7. The van der Waals surface area contributed by atoms with Gasteiger partial charge in [-0.15, -0.1) is 0 Å². The van der Waals surface area contributed by atoms with Gasteiger partial charge in [0, 0.05) is 47.9 Å². The highest BCUT2D eigenvalue weighted by Crippen LogP contribution is 2.34. The van der Waals surface area contributed by atoms with Gasteiger partial charge in [-0.2, -0.15) is 0 Å². The smallest absolute Gasteiger partial charge is 0.250 e. The van der Waals surface area contributed by atoms with Crippen LogP contribution in [0.5, 0.6) is 0 Å². The van der Waals surface area contributed by atoms with E-state index < -0.39 is 0 Å². The Hall–Kier alpha value is -1.91. The molecule has 1 aromatic heterocycles. The first-order valence-electron chi connectivity index (χ1n) is 8.72. The molecule has 5 heteroatoms. The van der Waals surface area contributed by atoms with Gasteiger partial charge in [0.2, 0.25) is 0 Å². The molecule has 4 nitrogen and oxygen atoms in total. The van der Waals surface area contributed by atoms with Crippen LogP contribution in [0.25, 0.3) is 0 Å². The monoisotopic (exact) mass is 356 g/mol. The zero-order valence-corrected chi connectivity index (χ0v) is 15.0. The molecule has 0 spiro atoms. The summed E-state index contributed by atoms with van der Waals surface area (Å²) in [6.07, 6.45) is 1.11. The quantitative estimate of drug-likeness (QED) is 0.793. The van der Waals surface area contributed by atoms with E-state index in [4.69, 9.17) is 11.6 Å². The largest absolute Gasteiger partial charge is 0.312 e. The minimum Gasteiger partial charge on any atom is -0.312 e. The van der Waals surface area contributed by atoms with Crippen molar-refractivity contribution in [2.24, 2.45) is 5.92 Å². The molecule has 1 fully saturated rings. The molecule has 2 aromatic rings. The van der Waals surface area contributed by atoms with Crippen molar-refractivity contribution in [2.45, 2.75) is 25.8 Å². The predicted octanol–water partition coefficient (Wildman–Crippen LogP) is 3.11. The zero-order chi connectivity index (χ0) is 17.6. The first-order valence-corrected chi connectivity index (χ1v) is 9.10. The number of aromatic nitrogens is 1. The van der Waals surface area contributed by atoms with Gasteiger partial charge in [0.25, 0.3) is 5.56 Å². The number of carbonyl (C=O) groups excluding carboxylic acids is 1. The molecule has 1 saturated heterocycles. The van der Waals surface area contributed by atoms with Gasteiger partial charge in [-0.1, -0.05) is 17.7 Å². The predicted molar refractivity (Wildman–Crippen MR) is 98.5 cm³/mol. The lowest BCUT2D eigenvalue weighted by Gasteiger charge is -2.42. The molecule has 130 valence electrons. The molecule has 0 saturated carbocycles. The van der Waals surface area contributed by atoms with Crippen LogP contribution in [0.4, 0.5) is 0 Å². The second kappa shape index (κ2) is 6.43. The SMILES string of the molecule is Cc1cc(Cl)ccc1C(=O)CN1C[C@H]2C[C@@H](C1)c1cccc(=O)n1C2. The highest BCUT2D eigenvalue weighted by molar-refractivity contribution is 6.30. The van der Waals surface area contributed by atoms with E-state index in [2.05, 4.69) is 11.0 Å². The molecule has 0 radical (unpaired) electrons. The number of piperidine rings is 1. The summed E-state index contributed by atoms with van der Waals surface area (Å²) in [6.45, 7) is 4.81. The molecule has 2 bridgehead atoms. The Bertz CT molecular complexity index is 890. The molecular formula is C20H21ClN2O2. The summed E-state index contributed by atoms with van der Waals surface area (Å²) in [4.78, 5) is 27.1. The third-order valence-electron chi connectivity index (χ3n) is 5.41. The molecule has 2 aliphatic heterocycles. The lowest BCUT2D eigenvalue weighted by Crippen LogP contribution is -2.48. The van der Waals surface area contributed by atoms with Crippen LogP contribution >= 0.6 is 11.6 Å². The van der Waals surface area contributed by atoms with Crippen molar-refractivity contribution >= 4 is 17.4 Å². The normalized spacial score (nSPS) is 22.5. The number of nitrogens with zero attached hydrogens (tertiary/aromatic N) is 2. The van der Waals surface area contributed by atoms with Crippen molar-refractivity contribution in [3.8, 4) is 0 Å². The summed E-state index contributed by atoms with van der Waals surface area (Å²) in [7, 11) is 0. The van der Waals surface area contributed by atoms with Gasteiger partial charge in [0.05, 0.1) is 6.54 Å². The van der Waals surface area contributed by atoms with Gasteiger partial charge in [-0.05, 0) is 49.1 Å². The standard InChI is InChI=1S/C20H21ClN2O2/c1-13-7-16(21)5-6-17(13)19(24)12-22-9-14-8-15(11-22)18-3-2-4-20(25)23(18)10-14/h2-7,14-15H,8-12H2,1H3/t14-,15+/m1/s1. The molecule has 1 aromatic carbocycles. The molecule has 0 aliphatic carbocycles. The molecule has 2 aliphatic rings. The maximum absolute atomic E-state index is 12.7. The third kappa shape index (κ3) is 3.16. The number of aryl methyl sites for hydroxylation is 1. The molecule has 0 unspecified atom stereocenters. The fraction of sp³-hybridized carbons (Fsp3) is 0.400. The fourth-order valence-corrected chi connectivity index (χ4v) is 4.58. The number of hydrogen-bond acceptors (Lipinski definition) is 3. The van der Waals surface area contributed by atoms with Crippen LogP contribution in [0.3, 0.4) is 0 Å². The van der Waals surface area contributed by atoms with Crippen molar-refractivity contribution < 1.29 is 4.79 Å². The van der Waals surface area contributed by atoms with Gasteiger partial charge in [-0.3, -0.25) is 14.5 Å². The van der Waals surface area contributed by atoms with Gasteiger partial charge in [0.1, 0.15) is 0 Å². The number of ketones is 1. The van der Waals surface area contributed by atoms with E-state index >= 15 is 0 Å². The lowest BCUT2D eigenvalue weighted by atomic mass is 9.83. The van der Waals surface area contributed by atoms with Crippen LogP contribution in [0, 0.1) is 12.8 Å². The van der Waals surface area contributed by atoms with E-state index in [0.717, 1.165) is 42.9 Å². The number of fused-ring (bicyclic) bond motifs is 4. The number of Topliss-reactive ketones (excluding diaryl/α,β-unsaturated/α-hetero) is 1. The summed E-state index contributed by atoms with van der Waals surface area (Å²) >= 11 is 5.99. The van der Waals surface area contributed by atoms with Crippen LogP contribution in [-0.4, -0.2) is 34.9 Å². The number of likely N-dealkylation sites (tertiary alicyclic amines) is 1. The number of carbonyl (C=O) groups is 1. The van der Waals surface area contributed by atoms with Crippen LogP contribution < -0.4 is 5.56 Å². The number of pyridine rings is 1. The second-order valence-corrected chi connectivity index (χ2v) is 7.71. The molecule has 2 atom stereocenters. The van der Waals surface area contributed by atoms with Crippen LogP contribution in [0.1, 0.15) is 34.0 Å². The van der Waals surface area contributed by atoms with Crippen molar-refractivity contribution in [3.05, 3.63) is 68.6 Å². The van der Waals surface area contributed by atoms with E-state index in [0.29, 0.717) is 23.4 Å². The van der Waals surface area contributed by atoms with Crippen molar-refractivity contribution in [3.63, 3.8) is 0 Å². The van der Waals surface area contributed by atoms with Crippen molar-refractivity contribution in [2.75, 3.05) is 19.6 Å². The number of benzene rings is 1. The van der Waals surface area contributed by atoms with Gasteiger partial charge < -0.3 is 4.57 Å². The molecular weight excluding hydrogens is 336 g/mol. The summed E-state index contributed by atoms with van der Waals surface area (Å²) in [5.41, 5.74) is 2.88. The van der Waals surface area contributed by atoms with E-state index in [1.807, 2.05) is 29.7 Å². The average molecular weight is 357 g/mol. The van der Waals surface area contributed by atoms with Crippen LogP contribution in [0.15, 0.2) is 41.2 Å². The zero-order valence-electron chi connectivity index (χ0n) is 14.2. The van der Waals surface area contributed by atoms with E-state index in [1.54, 1.807) is 12.1 Å². The molecule has 4 rings (SSSR count). The second-order valence-electron chi connectivity index (χ2n) is 7.27. The minimum absolute atomic E-state index is 0.0912. The lowest BCUT2D eigenvalue weighted by molar-refractivity contribution is 0.0817. The Kier molecular flexibility index (Phi) is 4.26. The van der Waals surface area contributed by atoms with Crippen molar-refractivity contribution in [1.29, 1.82) is 0 Å². The number of rotatable bonds is 3. The Balaban J connectivity index is 1.53. The summed E-state index contributed by atoms with van der Waals surface area (Å²) in [6, 6.07) is 11.0. The summed E-state index contributed by atoms with van der Waals surface area (Å²) in [5, 5.41) is 0.656. The van der Waals surface area contributed by atoms with Crippen molar-refractivity contribution in [1.82, 2.24) is 9.47 Å². The number of halogens is 1. The molecule has 25 heavy (non-hydrogen) atoms. The van der Waals surface area contributed by atoms with Gasteiger partial charge >= 0.3 is 0 Å². The maximum Gasteiger partial charge on any atom is 0.250 e. The Morgan fingerprint density at radius 1 is 1.20 bits per heavy atom. The topological polar surface area (TPSA) is 42.3 Å². The van der Waals surface area contributed by atoms with E-state index in [1.165, 1.54) is 0 Å². The fourth-order valence-electron chi connectivity index (χ4n) is 4.35. The first kappa shape index (κ1) is 16.6. The number of hydrogen-bond donors (Lipinski definition) is 0. The van der Waals surface area contributed by atoms with Gasteiger partial charge in [-0.25, -0.2) is 0 Å². The molecule has 0 N–H and O–H groups in total. The van der Waals surface area contributed by atoms with Crippen LogP contribution in [0.2, 0.25) is 5.02 Å². The Morgan fingerprint density at radius 2 is 2.04 bits per heavy atom. The molecule has 3 heterocycles. The van der Waals surface area contributed by atoms with E-state index in [9.17, 15) is 9.59 Å².